The van der Waals surface area contributed by atoms with Crippen LogP contribution in [0, 0.1) is 0 Å². The molecule has 6 nitrogen and oxygen atoms in total. The van der Waals surface area contributed by atoms with Gasteiger partial charge >= 0.3 is 0 Å². The van der Waals surface area contributed by atoms with Crippen molar-refractivity contribution in [3.05, 3.63) is 47.4 Å². The molecule has 2 heterocycles. The number of aromatic nitrogens is 3. The predicted octanol–water partition coefficient (Wildman–Crippen LogP) is 1.41. The molecule has 2 aromatic rings. The minimum atomic E-state index is -0.257. The lowest BCUT2D eigenvalue weighted by atomic mass is 10.1. The van der Waals surface area contributed by atoms with Crippen molar-refractivity contribution in [1.29, 1.82) is 0 Å². The van der Waals surface area contributed by atoms with Crippen molar-refractivity contribution >= 4 is 11.7 Å². The van der Waals surface area contributed by atoms with Crippen molar-refractivity contribution in [3.63, 3.8) is 0 Å². The summed E-state index contributed by atoms with van der Waals surface area (Å²) in [4.78, 5) is 16.2. The van der Waals surface area contributed by atoms with Gasteiger partial charge in [-0.15, -0.1) is 10.2 Å². The first-order valence-electron chi connectivity index (χ1n) is 6.47. The van der Waals surface area contributed by atoms with E-state index in [1.807, 2.05) is 12.1 Å². The number of pyridine rings is 1. The SMILES string of the molecule is CCc1cccnc1CNC(=O)c1ccc(NC)nn1. The third kappa shape index (κ3) is 3.28. The number of aryl methyl sites for hydroxylation is 1. The Bertz CT molecular complexity index is 582. The lowest BCUT2D eigenvalue weighted by molar-refractivity contribution is 0.0944. The molecule has 0 aliphatic rings. The van der Waals surface area contributed by atoms with Gasteiger partial charge in [-0.25, -0.2) is 0 Å². The quantitative estimate of drug-likeness (QED) is 0.859. The number of nitrogens with one attached hydrogen (secondary N) is 2. The molecule has 0 bridgehead atoms. The zero-order valence-corrected chi connectivity index (χ0v) is 11.6. The maximum atomic E-state index is 12.0. The van der Waals surface area contributed by atoms with E-state index in [9.17, 15) is 4.79 Å². The van der Waals surface area contributed by atoms with Gasteiger partial charge in [0.25, 0.3) is 5.91 Å². The van der Waals surface area contributed by atoms with Crippen LogP contribution < -0.4 is 10.6 Å². The molecule has 0 radical (unpaired) electrons. The Labute approximate surface area is 117 Å². The second-order valence-corrected chi connectivity index (χ2v) is 4.20. The number of anilines is 1. The minimum absolute atomic E-state index is 0.257. The van der Waals surface area contributed by atoms with Crippen LogP contribution in [0.5, 0.6) is 0 Å². The fraction of sp³-hybridized carbons (Fsp3) is 0.286. The van der Waals surface area contributed by atoms with Crippen molar-refractivity contribution in [2.75, 3.05) is 12.4 Å². The molecule has 0 unspecified atom stereocenters. The van der Waals surface area contributed by atoms with Gasteiger partial charge in [0, 0.05) is 13.2 Å². The van der Waals surface area contributed by atoms with E-state index in [0.29, 0.717) is 12.4 Å². The van der Waals surface area contributed by atoms with Crippen LogP contribution >= 0.6 is 0 Å². The van der Waals surface area contributed by atoms with Crippen molar-refractivity contribution in [2.24, 2.45) is 0 Å². The summed E-state index contributed by atoms with van der Waals surface area (Å²) < 4.78 is 0. The molecule has 0 fully saturated rings. The highest BCUT2D eigenvalue weighted by Crippen LogP contribution is 2.06. The van der Waals surface area contributed by atoms with E-state index in [4.69, 9.17) is 0 Å². The first-order chi connectivity index (χ1) is 9.74. The maximum Gasteiger partial charge on any atom is 0.272 e. The second-order valence-electron chi connectivity index (χ2n) is 4.20. The van der Waals surface area contributed by atoms with Crippen LogP contribution in [0.3, 0.4) is 0 Å². The highest BCUT2D eigenvalue weighted by molar-refractivity contribution is 5.92. The summed E-state index contributed by atoms with van der Waals surface area (Å²) in [6, 6.07) is 7.25. The lowest BCUT2D eigenvalue weighted by Crippen LogP contribution is -2.25. The van der Waals surface area contributed by atoms with Crippen LogP contribution in [0.15, 0.2) is 30.5 Å². The highest BCUT2D eigenvalue weighted by atomic mass is 16.1. The number of hydrogen-bond acceptors (Lipinski definition) is 5. The molecule has 104 valence electrons. The highest BCUT2D eigenvalue weighted by Gasteiger charge is 2.09. The number of rotatable bonds is 5. The Kier molecular flexibility index (Phi) is 4.60. The van der Waals surface area contributed by atoms with E-state index >= 15 is 0 Å². The molecule has 0 saturated heterocycles. The molecular formula is C14H17N5O. The molecule has 0 aromatic carbocycles. The van der Waals surface area contributed by atoms with Crippen LogP contribution in [0.2, 0.25) is 0 Å². The number of carbonyl (C=O) groups is 1. The average molecular weight is 271 g/mol. The molecule has 20 heavy (non-hydrogen) atoms. The molecule has 2 N–H and O–H groups in total. The molecule has 6 heteroatoms. The first kappa shape index (κ1) is 13.9. The zero-order valence-electron chi connectivity index (χ0n) is 11.6. The number of carbonyl (C=O) groups excluding carboxylic acids is 1. The van der Waals surface area contributed by atoms with Crippen molar-refractivity contribution < 1.29 is 4.79 Å². The Hall–Kier alpha value is -2.50. The van der Waals surface area contributed by atoms with E-state index in [2.05, 4.69) is 32.7 Å². The van der Waals surface area contributed by atoms with Gasteiger partial charge in [-0.3, -0.25) is 9.78 Å². The van der Waals surface area contributed by atoms with E-state index in [-0.39, 0.29) is 11.6 Å². The Morgan fingerprint density at radius 1 is 1.25 bits per heavy atom. The van der Waals surface area contributed by atoms with Gasteiger partial charge in [0.2, 0.25) is 0 Å². The monoisotopic (exact) mass is 271 g/mol. The third-order valence-electron chi connectivity index (χ3n) is 2.94. The van der Waals surface area contributed by atoms with E-state index in [1.165, 1.54) is 0 Å². The topological polar surface area (TPSA) is 79.8 Å². The van der Waals surface area contributed by atoms with Gasteiger partial charge in [-0.1, -0.05) is 13.0 Å². The van der Waals surface area contributed by atoms with Crippen molar-refractivity contribution in [2.45, 2.75) is 19.9 Å². The van der Waals surface area contributed by atoms with Gasteiger partial charge in [0.1, 0.15) is 5.82 Å². The van der Waals surface area contributed by atoms with Crippen LogP contribution in [-0.4, -0.2) is 28.1 Å². The maximum absolute atomic E-state index is 12.0. The summed E-state index contributed by atoms with van der Waals surface area (Å²) in [7, 11) is 1.75. The molecule has 1 amide bonds. The molecule has 0 atom stereocenters. The molecule has 0 spiro atoms. The van der Waals surface area contributed by atoms with E-state index < -0.39 is 0 Å². The summed E-state index contributed by atoms with van der Waals surface area (Å²) in [5, 5.41) is 13.4. The number of hydrogen-bond donors (Lipinski definition) is 2. The van der Waals surface area contributed by atoms with Gasteiger partial charge in [-0.05, 0) is 30.2 Å². The molecule has 0 aliphatic carbocycles. The number of amides is 1. The summed E-state index contributed by atoms with van der Waals surface area (Å²) in [5.74, 6) is 0.368. The second kappa shape index (κ2) is 6.60. The van der Waals surface area contributed by atoms with Crippen LogP contribution in [-0.2, 0) is 13.0 Å². The fourth-order valence-corrected chi connectivity index (χ4v) is 1.79. The van der Waals surface area contributed by atoms with Crippen LogP contribution in [0.4, 0.5) is 5.82 Å². The largest absolute Gasteiger partial charge is 0.372 e. The van der Waals surface area contributed by atoms with E-state index in [1.54, 1.807) is 25.4 Å². The standard InChI is InChI=1S/C14H17N5O/c1-3-10-5-4-8-16-12(10)9-17-14(20)11-6-7-13(15-2)19-18-11/h4-8H,3,9H2,1-2H3,(H,15,19)(H,17,20). The predicted molar refractivity (Wildman–Crippen MR) is 76.4 cm³/mol. The average Bonchev–Trinajstić information content (AvgIpc) is 2.53. The zero-order chi connectivity index (χ0) is 14.4. The van der Waals surface area contributed by atoms with E-state index in [0.717, 1.165) is 17.7 Å². The number of nitrogens with zero attached hydrogens (tertiary/aromatic N) is 3. The van der Waals surface area contributed by atoms with Crippen molar-refractivity contribution in [1.82, 2.24) is 20.5 Å². The summed E-state index contributed by atoms with van der Waals surface area (Å²) in [6.45, 7) is 2.45. The summed E-state index contributed by atoms with van der Waals surface area (Å²) in [5.41, 5.74) is 2.30. The summed E-state index contributed by atoms with van der Waals surface area (Å²) >= 11 is 0. The lowest BCUT2D eigenvalue weighted by Gasteiger charge is -2.08. The Balaban J connectivity index is 2.01. The molecule has 2 rings (SSSR count). The summed E-state index contributed by atoms with van der Waals surface area (Å²) in [6.07, 6.45) is 2.61. The van der Waals surface area contributed by atoms with Gasteiger partial charge < -0.3 is 10.6 Å². The molecule has 2 aromatic heterocycles. The smallest absolute Gasteiger partial charge is 0.272 e. The molecular weight excluding hydrogens is 254 g/mol. The fourth-order valence-electron chi connectivity index (χ4n) is 1.79. The van der Waals surface area contributed by atoms with Gasteiger partial charge in [-0.2, -0.15) is 0 Å². The minimum Gasteiger partial charge on any atom is -0.372 e. The molecule has 0 saturated carbocycles. The molecule has 0 aliphatic heterocycles. The first-order valence-corrected chi connectivity index (χ1v) is 6.47. The van der Waals surface area contributed by atoms with Gasteiger partial charge in [0.15, 0.2) is 5.69 Å². The van der Waals surface area contributed by atoms with Crippen molar-refractivity contribution in [3.8, 4) is 0 Å². The van der Waals surface area contributed by atoms with Crippen LogP contribution in [0.25, 0.3) is 0 Å². The Morgan fingerprint density at radius 2 is 2.10 bits per heavy atom. The normalized spacial score (nSPS) is 10.1. The van der Waals surface area contributed by atoms with Crippen LogP contribution in [0.1, 0.15) is 28.7 Å². The Morgan fingerprint density at radius 3 is 2.75 bits per heavy atom. The third-order valence-corrected chi connectivity index (χ3v) is 2.94. The van der Waals surface area contributed by atoms with Gasteiger partial charge in [0.05, 0.1) is 12.2 Å².